The van der Waals surface area contributed by atoms with Crippen molar-refractivity contribution in [3.05, 3.63) is 0 Å². The van der Waals surface area contributed by atoms with Crippen LogP contribution in [0.4, 0.5) is 0 Å². The third-order valence-corrected chi connectivity index (χ3v) is 5.58. The van der Waals surface area contributed by atoms with Crippen LogP contribution in [0, 0.1) is 0 Å². The Labute approximate surface area is 117 Å². The van der Waals surface area contributed by atoms with Gasteiger partial charge in [-0.2, -0.15) is 0 Å². The van der Waals surface area contributed by atoms with Crippen LogP contribution < -0.4 is 0 Å². The molecule has 0 rings (SSSR count). The molecule has 98 valence electrons. The van der Waals surface area contributed by atoms with E-state index in [1.807, 2.05) is 13.8 Å². The quantitative estimate of drug-likeness (QED) is 0.475. The number of rotatable bonds is 9. The van der Waals surface area contributed by atoms with Gasteiger partial charge in [-0.05, 0) is 25.7 Å². The Morgan fingerprint density at radius 3 is 1.94 bits per heavy atom. The van der Waals surface area contributed by atoms with E-state index < -0.39 is 12.1 Å². The zero-order valence-corrected chi connectivity index (χ0v) is 13.2. The lowest BCUT2D eigenvalue weighted by atomic mass is 10.3. The molecule has 0 saturated heterocycles. The Balaban J connectivity index is 4.16. The highest BCUT2D eigenvalue weighted by molar-refractivity contribution is 8.07. The Hall–Kier alpha value is 1.40. The van der Waals surface area contributed by atoms with Gasteiger partial charge in [0.25, 0.3) is 0 Å². The number of hydrogen-bond donors (Lipinski definition) is 0. The normalized spacial score (nSPS) is 16.1. The van der Waals surface area contributed by atoms with Crippen LogP contribution in [-0.2, 0) is 25.4 Å². The molecule has 0 bridgehead atoms. The summed E-state index contributed by atoms with van der Waals surface area (Å²) in [6, 6.07) is 0. The highest BCUT2D eigenvalue weighted by Gasteiger charge is 2.23. The molecule has 0 fully saturated rings. The minimum atomic E-state index is -2.68. The molecule has 16 heavy (non-hydrogen) atoms. The van der Waals surface area contributed by atoms with E-state index >= 15 is 0 Å². The van der Waals surface area contributed by atoms with Gasteiger partial charge < -0.3 is 13.6 Å². The molecule has 0 saturated carbocycles. The second-order valence-corrected chi connectivity index (χ2v) is 7.21. The maximum absolute atomic E-state index is 5.96. The Morgan fingerprint density at radius 1 is 1.06 bits per heavy atom. The summed E-state index contributed by atoms with van der Waals surface area (Å²) in [7, 11) is 0. The second kappa shape index (κ2) is 9.35. The van der Waals surface area contributed by atoms with Crippen molar-refractivity contribution < 1.29 is 13.6 Å². The first-order chi connectivity index (χ1) is 7.49. The van der Waals surface area contributed by atoms with E-state index in [1.165, 1.54) is 0 Å². The summed E-state index contributed by atoms with van der Waals surface area (Å²) in [5.74, 6) is 0.255. The van der Waals surface area contributed by atoms with E-state index in [0.29, 0.717) is 13.2 Å². The molecule has 2 atom stereocenters. The standard InChI is InChI=1S/C8H16Cl3O3PS/c1-3-12-15(16,13-4-2)14-6-8(11)7(10)5-9/h7-8H,3-6H2,1-2H3/t7-,8?/m0/s1. The highest BCUT2D eigenvalue weighted by Crippen LogP contribution is 2.49. The third-order valence-electron chi connectivity index (χ3n) is 1.51. The van der Waals surface area contributed by atoms with E-state index in [9.17, 15) is 0 Å². The first kappa shape index (κ1) is 17.4. The smallest absolute Gasteiger partial charge is 0.309 e. The van der Waals surface area contributed by atoms with Crippen molar-refractivity contribution in [2.24, 2.45) is 0 Å². The summed E-state index contributed by atoms with van der Waals surface area (Å²) in [5, 5.41) is -0.780. The molecule has 3 nitrogen and oxygen atoms in total. The van der Waals surface area contributed by atoms with Crippen LogP contribution in [0.2, 0.25) is 0 Å². The van der Waals surface area contributed by atoms with Crippen molar-refractivity contribution in [2.45, 2.75) is 24.6 Å². The van der Waals surface area contributed by atoms with Gasteiger partial charge >= 0.3 is 6.72 Å². The SMILES string of the molecule is CCOP(=S)(OCC)OCC(Cl)[C@@H](Cl)CCl. The summed E-state index contributed by atoms with van der Waals surface area (Å²) in [6.45, 7) is 2.01. The molecular weight excluding hydrogens is 313 g/mol. The van der Waals surface area contributed by atoms with Gasteiger partial charge in [-0.3, -0.25) is 0 Å². The predicted molar refractivity (Wildman–Crippen MR) is 73.5 cm³/mol. The lowest BCUT2D eigenvalue weighted by Crippen LogP contribution is -2.22. The first-order valence-electron chi connectivity index (χ1n) is 4.86. The van der Waals surface area contributed by atoms with Crippen molar-refractivity contribution >= 4 is 53.3 Å². The van der Waals surface area contributed by atoms with E-state index in [4.69, 9.17) is 60.2 Å². The molecule has 0 aromatic carbocycles. The van der Waals surface area contributed by atoms with Crippen LogP contribution in [0.1, 0.15) is 13.8 Å². The largest absolute Gasteiger partial charge is 0.327 e. The minimum Gasteiger partial charge on any atom is -0.309 e. The molecule has 0 aliphatic carbocycles. The second-order valence-electron chi connectivity index (χ2n) is 2.76. The molecule has 0 spiro atoms. The fourth-order valence-corrected chi connectivity index (χ4v) is 3.42. The Morgan fingerprint density at radius 2 is 1.56 bits per heavy atom. The molecule has 0 radical (unpaired) electrons. The van der Waals surface area contributed by atoms with E-state index in [-0.39, 0.29) is 17.9 Å². The molecule has 1 unspecified atom stereocenters. The van der Waals surface area contributed by atoms with Crippen LogP contribution in [0.5, 0.6) is 0 Å². The van der Waals surface area contributed by atoms with Gasteiger partial charge in [0.2, 0.25) is 0 Å². The molecular formula is C8H16Cl3O3PS. The summed E-state index contributed by atoms with van der Waals surface area (Å²) in [4.78, 5) is 0. The van der Waals surface area contributed by atoms with E-state index in [2.05, 4.69) is 0 Å². The molecule has 8 heteroatoms. The zero-order valence-electron chi connectivity index (χ0n) is 9.20. The van der Waals surface area contributed by atoms with Gasteiger partial charge in [0.15, 0.2) is 0 Å². The molecule has 0 amide bonds. The van der Waals surface area contributed by atoms with Crippen LogP contribution in [0.15, 0.2) is 0 Å². The molecule has 0 heterocycles. The van der Waals surface area contributed by atoms with Crippen LogP contribution in [0.25, 0.3) is 0 Å². The highest BCUT2D eigenvalue weighted by atomic mass is 35.5. The van der Waals surface area contributed by atoms with Crippen molar-refractivity contribution in [2.75, 3.05) is 25.7 Å². The molecule has 0 aromatic rings. The summed E-state index contributed by atoms with van der Waals surface area (Å²) >= 11 is 22.5. The molecule has 0 aliphatic heterocycles. The van der Waals surface area contributed by atoms with Gasteiger partial charge in [0.1, 0.15) is 0 Å². The lowest BCUT2D eigenvalue weighted by Gasteiger charge is -2.22. The lowest BCUT2D eigenvalue weighted by molar-refractivity contribution is 0.167. The summed E-state index contributed by atoms with van der Waals surface area (Å²) in [5.41, 5.74) is 0. The maximum atomic E-state index is 5.96. The average Bonchev–Trinajstić information content (AvgIpc) is 2.25. The Kier molecular flexibility index (Phi) is 10.2. The van der Waals surface area contributed by atoms with Crippen LogP contribution in [-0.4, -0.2) is 36.5 Å². The minimum absolute atomic E-state index is 0.166. The molecule has 0 aliphatic rings. The summed E-state index contributed by atoms with van der Waals surface area (Å²) in [6.07, 6.45) is 0. The number of halogens is 3. The van der Waals surface area contributed by atoms with Crippen molar-refractivity contribution in [1.82, 2.24) is 0 Å². The maximum Gasteiger partial charge on any atom is 0.327 e. The monoisotopic (exact) mass is 328 g/mol. The number of hydrogen-bond acceptors (Lipinski definition) is 4. The van der Waals surface area contributed by atoms with Crippen LogP contribution in [0.3, 0.4) is 0 Å². The van der Waals surface area contributed by atoms with Crippen molar-refractivity contribution in [3.63, 3.8) is 0 Å². The van der Waals surface area contributed by atoms with Gasteiger partial charge in [0.05, 0.1) is 30.6 Å². The molecule has 0 aromatic heterocycles. The Bertz CT molecular complexity index is 223. The first-order valence-corrected chi connectivity index (χ1v) is 8.83. The number of alkyl halides is 3. The van der Waals surface area contributed by atoms with Gasteiger partial charge in [-0.1, -0.05) is 0 Å². The zero-order chi connectivity index (χ0) is 12.6. The van der Waals surface area contributed by atoms with Gasteiger partial charge in [0, 0.05) is 5.88 Å². The van der Waals surface area contributed by atoms with Gasteiger partial charge in [-0.15, -0.1) is 34.8 Å². The van der Waals surface area contributed by atoms with Gasteiger partial charge in [-0.25, -0.2) is 0 Å². The van der Waals surface area contributed by atoms with Crippen molar-refractivity contribution in [3.8, 4) is 0 Å². The predicted octanol–water partition coefficient (Wildman–Crippen LogP) is 3.75. The fraction of sp³-hybridized carbons (Fsp3) is 1.00. The topological polar surface area (TPSA) is 27.7 Å². The average molecular weight is 330 g/mol. The van der Waals surface area contributed by atoms with Crippen LogP contribution >= 0.6 is 41.5 Å². The van der Waals surface area contributed by atoms with E-state index in [1.54, 1.807) is 0 Å². The van der Waals surface area contributed by atoms with Crippen molar-refractivity contribution in [1.29, 1.82) is 0 Å². The molecule has 0 N–H and O–H groups in total. The summed E-state index contributed by atoms with van der Waals surface area (Å²) < 4.78 is 16.0. The van der Waals surface area contributed by atoms with E-state index in [0.717, 1.165) is 0 Å². The third kappa shape index (κ3) is 6.97. The fourth-order valence-electron chi connectivity index (χ4n) is 0.792.